The van der Waals surface area contributed by atoms with Gasteiger partial charge in [-0.05, 0) is 0 Å². The van der Waals surface area contributed by atoms with Crippen molar-refractivity contribution in [1.82, 2.24) is 0 Å². The summed E-state index contributed by atoms with van der Waals surface area (Å²) in [5.41, 5.74) is 6.01. The van der Waals surface area contributed by atoms with Gasteiger partial charge in [-0.15, -0.1) is 0 Å². The molecule has 29 heavy (non-hydrogen) atoms. The van der Waals surface area contributed by atoms with Gasteiger partial charge < -0.3 is 0 Å². The molecule has 4 rings (SSSR count). The third kappa shape index (κ3) is 2.88. The van der Waals surface area contributed by atoms with Crippen molar-refractivity contribution in [3.63, 3.8) is 0 Å². The Morgan fingerprint density at radius 2 is 0.759 bits per heavy atom. The van der Waals surface area contributed by atoms with Crippen molar-refractivity contribution in [3.8, 4) is 0 Å². The average molecular weight is 397 g/mol. The molecule has 1 amide bonds. The van der Waals surface area contributed by atoms with Gasteiger partial charge in [-0.1, -0.05) is 0 Å². The Morgan fingerprint density at radius 1 is 0.517 bits per heavy atom. The number of hydrogen-bond donors (Lipinski definition) is 1. The first-order valence-electron chi connectivity index (χ1n) is 9.70. The zero-order chi connectivity index (χ0) is 20.2. The molecule has 4 aromatic rings. The minimum atomic E-state index is -3.41. The fourth-order valence-electron chi connectivity index (χ4n) is 4.60. The Balaban J connectivity index is 2.31. The molecule has 0 radical (unpaired) electrons. The monoisotopic (exact) mass is 397 g/mol. The van der Waals surface area contributed by atoms with Crippen LogP contribution in [0, 0.1) is 0 Å². The molecule has 0 saturated heterocycles. The molecule has 0 spiro atoms. The molecular formula is C26H24NOP. The van der Waals surface area contributed by atoms with Crippen molar-refractivity contribution in [2.45, 2.75) is 0 Å². The van der Waals surface area contributed by atoms with Gasteiger partial charge in [-0.2, -0.15) is 0 Å². The fourth-order valence-corrected chi connectivity index (χ4v) is 11.1. The van der Waals surface area contributed by atoms with Crippen LogP contribution in [-0.4, -0.2) is 12.1 Å². The topological polar surface area (TPSA) is 43.1 Å². The standard InChI is InChI=1S/C26H24NOP/c27-26(28)21-29(22-13-5-1-6-14-22,23-15-7-2-8-16-23,24-17-9-3-10-18-24)25-19-11-4-12-20-25/h1-20H,21H2,(H2,27,28). The molecule has 2 N–H and O–H groups in total. The summed E-state index contributed by atoms with van der Waals surface area (Å²) in [6.07, 6.45) is 0.244. The van der Waals surface area contributed by atoms with Gasteiger partial charge >= 0.3 is 172 Å². The molecule has 0 aliphatic rings. The average Bonchev–Trinajstić information content (AvgIpc) is 2.80. The van der Waals surface area contributed by atoms with E-state index in [4.69, 9.17) is 5.73 Å². The molecule has 4 aromatic carbocycles. The first-order valence-corrected chi connectivity index (χ1v) is 12.1. The number of carbonyl (C=O) groups is 1. The van der Waals surface area contributed by atoms with E-state index in [0.29, 0.717) is 0 Å². The number of carbonyl (C=O) groups excluding carboxylic acids is 1. The normalized spacial score (nSPS) is 12.6. The zero-order valence-electron chi connectivity index (χ0n) is 16.2. The number of benzene rings is 4. The molecule has 0 aliphatic heterocycles. The second-order valence-electron chi connectivity index (χ2n) is 7.27. The van der Waals surface area contributed by atoms with E-state index in [0.717, 1.165) is 21.2 Å². The zero-order valence-corrected chi connectivity index (χ0v) is 17.1. The second-order valence-corrected chi connectivity index (χ2v) is 12.3. The van der Waals surface area contributed by atoms with Crippen LogP contribution in [0.2, 0.25) is 0 Å². The Labute approximate surface area is 172 Å². The van der Waals surface area contributed by atoms with Gasteiger partial charge in [0.15, 0.2) is 0 Å². The molecule has 0 heterocycles. The van der Waals surface area contributed by atoms with Crippen molar-refractivity contribution < 1.29 is 4.79 Å². The Kier molecular flexibility index (Phi) is 5.05. The number of hydrogen-bond acceptors (Lipinski definition) is 1. The summed E-state index contributed by atoms with van der Waals surface area (Å²) in [6.45, 7) is -3.41. The van der Waals surface area contributed by atoms with Crippen LogP contribution in [0.25, 0.3) is 0 Å². The molecule has 0 unspecified atom stereocenters. The summed E-state index contributed by atoms with van der Waals surface area (Å²) in [6, 6.07) is 41.6. The maximum absolute atomic E-state index is 12.8. The number of rotatable bonds is 6. The van der Waals surface area contributed by atoms with Crippen LogP contribution in [0.3, 0.4) is 0 Å². The van der Waals surface area contributed by atoms with Crippen molar-refractivity contribution in [3.05, 3.63) is 121 Å². The third-order valence-corrected chi connectivity index (χ3v) is 12.5. The van der Waals surface area contributed by atoms with Crippen LogP contribution in [0.1, 0.15) is 0 Å². The van der Waals surface area contributed by atoms with E-state index in [1.54, 1.807) is 0 Å². The third-order valence-electron chi connectivity index (χ3n) is 5.78. The van der Waals surface area contributed by atoms with E-state index in [-0.39, 0.29) is 12.1 Å². The summed E-state index contributed by atoms with van der Waals surface area (Å²) in [5, 5.41) is 4.56. The van der Waals surface area contributed by atoms with Crippen LogP contribution in [0.4, 0.5) is 0 Å². The van der Waals surface area contributed by atoms with Crippen LogP contribution >= 0.6 is 6.60 Å². The van der Waals surface area contributed by atoms with Crippen molar-refractivity contribution in [1.29, 1.82) is 0 Å². The minimum absolute atomic E-state index is 0.244. The SMILES string of the molecule is NC(=O)CP(c1ccccc1)(c1ccccc1)(c1ccccc1)c1ccccc1. The Morgan fingerprint density at radius 3 is 0.966 bits per heavy atom. The van der Waals surface area contributed by atoms with Crippen molar-refractivity contribution >= 4 is 33.7 Å². The van der Waals surface area contributed by atoms with E-state index >= 15 is 0 Å². The number of primary amides is 1. The number of nitrogens with two attached hydrogens (primary N) is 1. The summed E-state index contributed by atoms with van der Waals surface area (Å²) in [7, 11) is 0. The molecule has 3 heteroatoms. The van der Waals surface area contributed by atoms with E-state index in [2.05, 4.69) is 48.5 Å². The summed E-state index contributed by atoms with van der Waals surface area (Å²) < 4.78 is 0. The van der Waals surface area contributed by atoms with E-state index < -0.39 is 6.60 Å². The molecule has 0 fully saturated rings. The Hall–Kier alpha value is -3.22. The van der Waals surface area contributed by atoms with Crippen molar-refractivity contribution in [2.24, 2.45) is 5.73 Å². The molecule has 144 valence electrons. The van der Waals surface area contributed by atoms with Gasteiger partial charge in [0, 0.05) is 0 Å². The van der Waals surface area contributed by atoms with Crippen molar-refractivity contribution in [2.75, 3.05) is 6.16 Å². The van der Waals surface area contributed by atoms with Crippen LogP contribution in [0.5, 0.6) is 0 Å². The van der Waals surface area contributed by atoms with Crippen LogP contribution < -0.4 is 27.0 Å². The van der Waals surface area contributed by atoms with Gasteiger partial charge in [0.05, 0.1) is 0 Å². The predicted octanol–water partition coefficient (Wildman–Crippen LogP) is 3.33. The van der Waals surface area contributed by atoms with Gasteiger partial charge in [-0.3, -0.25) is 0 Å². The molecule has 0 atom stereocenters. The summed E-state index contributed by atoms with van der Waals surface area (Å²) in [5.74, 6) is -0.303. The molecule has 0 saturated carbocycles. The molecule has 0 bridgehead atoms. The van der Waals surface area contributed by atoms with E-state index in [1.807, 2.05) is 72.8 Å². The van der Waals surface area contributed by atoms with E-state index in [9.17, 15) is 4.79 Å². The van der Waals surface area contributed by atoms with Crippen LogP contribution in [0.15, 0.2) is 121 Å². The first-order chi connectivity index (χ1) is 14.2. The fraction of sp³-hybridized carbons (Fsp3) is 0.0385. The van der Waals surface area contributed by atoms with E-state index in [1.165, 1.54) is 0 Å². The second kappa shape index (κ2) is 7.66. The maximum atomic E-state index is 12.8. The quantitative estimate of drug-likeness (QED) is 0.499. The molecular weight excluding hydrogens is 373 g/mol. The Bertz CT molecular complexity index is 927. The molecule has 2 nitrogen and oxygen atoms in total. The van der Waals surface area contributed by atoms with Gasteiger partial charge in [0.1, 0.15) is 0 Å². The predicted molar refractivity (Wildman–Crippen MR) is 125 cm³/mol. The summed E-state index contributed by atoms with van der Waals surface area (Å²) >= 11 is 0. The number of amides is 1. The molecule has 0 aromatic heterocycles. The first kappa shape index (κ1) is 19.1. The van der Waals surface area contributed by atoms with Crippen LogP contribution in [-0.2, 0) is 4.79 Å². The summed E-state index contributed by atoms with van der Waals surface area (Å²) in [4.78, 5) is 12.8. The van der Waals surface area contributed by atoms with Gasteiger partial charge in [0.2, 0.25) is 0 Å². The molecule has 0 aliphatic carbocycles. The van der Waals surface area contributed by atoms with Gasteiger partial charge in [-0.25, -0.2) is 0 Å². The van der Waals surface area contributed by atoms with Gasteiger partial charge in [0.25, 0.3) is 0 Å².